The predicted molar refractivity (Wildman–Crippen MR) is 75.4 cm³/mol. The van der Waals surface area contributed by atoms with E-state index in [9.17, 15) is 9.59 Å². The van der Waals surface area contributed by atoms with Crippen molar-refractivity contribution in [2.75, 3.05) is 0 Å². The normalized spacial score (nSPS) is 12.0. The maximum absolute atomic E-state index is 11.6. The number of rotatable bonds is 6. The Balaban J connectivity index is 2.47. The molecule has 0 aliphatic heterocycles. The zero-order chi connectivity index (χ0) is 15.1. The number of hydrogen-bond donors (Lipinski definition) is 2. The Morgan fingerprint density at radius 1 is 1.20 bits per heavy atom. The lowest BCUT2D eigenvalue weighted by molar-refractivity contribution is -0.140. The molecule has 0 spiro atoms. The van der Waals surface area contributed by atoms with E-state index in [-0.39, 0.29) is 12.5 Å². The first-order valence-electron chi connectivity index (χ1n) is 6.68. The number of carboxylic acid groups (broad SMARTS) is 1. The van der Waals surface area contributed by atoms with Gasteiger partial charge in [0, 0.05) is 0 Å². The molecule has 20 heavy (non-hydrogen) atoms. The van der Waals surface area contributed by atoms with Gasteiger partial charge in [0.2, 0.25) is 0 Å². The lowest BCUT2D eigenvalue weighted by Gasteiger charge is -2.17. The number of hydrogen-bond acceptors (Lipinski definition) is 3. The fourth-order valence-corrected chi connectivity index (χ4v) is 1.70. The van der Waals surface area contributed by atoms with Gasteiger partial charge in [-0.1, -0.05) is 45.0 Å². The van der Waals surface area contributed by atoms with Crippen molar-refractivity contribution >= 4 is 12.1 Å². The Labute approximate surface area is 118 Å². The van der Waals surface area contributed by atoms with Crippen LogP contribution in [0, 0.1) is 5.92 Å². The molecule has 0 unspecified atom stereocenters. The second-order valence-electron chi connectivity index (χ2n) is 4.95. The third-order valence-corrected chi connectivity index (χ3v) is 3.01. The van der Waals surface area contributed by atoms with Crippen LogP contribution in [0.25, 0.3) is 0 Å². The maximum atomic E-state index is 11.6. The molecule has 1 aromatic carbocycles. The molecule has 0 bridgehead atoms. The van der Waals surface area contributed by atoms with Gasteiger partial charge in [-0.3, -0.25) is 0 Å². The number of aryl methyl sites for hydroxylation is 1. The van der Waals surface area contributed by atoms with E-state index in [1.54, 1.807) is 13.8 Å². The molecule has 0 saturated heterocycles. The topological polar surface area (TPSA) is 75.6 Å². The van der Waals surface area contributed by atoms with E-state index in [1.807, 2.05) is 24.3 Å². The van der Waals surface area contributed by atoms with Crippen LogP contribution >= 0.6 is 0 Å². The monoisotopic (exact) mass is 279 g/mol. The van der Waals surface area contributed by atoms with Gasteiger partial charge in [0.25, 0.3) is 0 Å². The van der Waals surface area contributed by atoms with Crippen molar-refractivity contribution in [1.82, 2.24) is 5.32 Å². The Hall–Kier alpha value is -2.04. The molecule has 1 amide bonds. The summed E-state index contributed by atoms with van der Waals surface area (Å²) in [6.07, 6.45) is 0.238. The zero-order valence-corrected chi connectivity index (χ0v) is 12.1. The van der Waals surface area contributed by atoms with Gasteiger partial charge < -0.3 is 15.2 Å². The fraction of sp³-hybridized carbons (Fsp3) is 0.467. The third kappa shape index (κ3) is 4.91. The zero-order valence-electron chi connectivity index (χ0n) is 12.1. The van der Waals surface area contributed by atoms with Crippen LogP contribution in [0.2, 0.25) is 0 Å². The summed E-state index contributed by atoms with van der Waals surface area (Å²) in [5.41, 5.74) is 2.08. The summed E-state index contributed by atoms with van der Waals surface area (Å²) in [7, 11) is 0. The van der Waals surface area contributed by atoms with Gasteiger partial charge in [-0.05, 0) is 23.5 Å². The van der Waals surface area contributed by atoms with Crippen LogP contribution in [-0.2, 0) is 22.6 Å². The van der Waals surface area contributed by atoms with Gasteiger partial charge in [0.05, 0.1) is 0 Å². The average molecular weight is 279 g/mol. The van der Waals surface area contributed by atoms with Crippen molar-refractivity contribution in [2.24, 2.45) is 5.92 Å². The van der Waals surface area contributed by atoms with Crippen molar-refractivity contribution in [1.29, 1.82) is 0 Å². The van der Waals surface area contributed by atoms with E-state index in [2.05, 4.69) is 12.2 Å². The highest BCUT2D eigenvalue weighted by Crippen LogP contribution is 2.07. The lowest BCUT2D eigenvalue weighted by atomic mass is 10.1. The number of alkyl carbamates (subject to hydrolysis) is 1. The molecule has 0 fully saturated rings. The molecule has 0 aromatic heterocycles. The van der Waals surface area contributed by atoms with Crippen LogP contribution in [0.3, 0.4) is 0 Å². The standard InChI is InChI=1S/C15H21NO4/c1-4-11-5-7-12(8-6-11)9-20-15(19)16-13(10(2)3)14(17)18/h5-8,10,13H,4,9H2,1-3H3,(H,16,19)(H,17,18)/t13-/m0/s1. The molecule has 0 aliphatic carbocycles. The molecule has 1 atom stereocenters. The van der Waals surface area contributed by atoms with Crippen LogP contribution in [0.1, 0.15) is 31.9 Å². The number of benzene rings is 1. The first-order chi connectivity index (χ1) is 9.43. The lowest BCUT2D eigenvalue weighted by Crippen LogP contribution is -2.44. The predicted octanol–water partition coefficient (Wildman–Crippen LogP) is 2.58. The summed E-state index contributed by atoms with van der Waals surface area (Å²) in [5.74, 6) is -1.27. The molecule has 2 N–H and O–H groups in total. The number of ether oxygens (including phenoxy) is 1. The van der Waals surface area contributed by atoms with Crippen LogP contribution < -0.4 is 5.32 Å². The highest BCUT2D eigenvalue weighted by atomic mass is 16.5. The number of nitrogens with one attached hydrogen (secondary N) is 1. The van der Waals surface area contributed by atoms with Gasteiger partial charge in [-0.25, -0.2) is 9.59 Å². The molecule has 0 aliphatic rings. The van der Waals surface area contributed by atoms with Crippen molar-refractivity contribution in [3.05, 3.63) is 35.4 Å². The van der Waals surface area contributed by atoms with E-state index in [4.69, 9.17) is 9.84 Å². The molecule has 1 rings (SSSR count). The Morgan fingerprint density at radius 2 is 1.75 bits per heavy atom. The fourth-order valence-electron chi connectivity index (χ4n) is 1.70. The minimum absolute atomic E-state index is 0.125. The molecule has 5 heteroatoms. The smallest absolute Gasteiger partial charge is 0.408 e. The molecule has 1 aromatic rings. The summed E-state index contributed by atoms with van der Waals surface area (Å²) in [6.45, 7) is 5.64. The number of carbonyl (C=O) groups is 2. The van der Waals surface area contributed by atoms with Gasteiger partial charge in [-0.15, -0.1) is 0 Å². The van der Waals surface area contributed by atoms with Crippen molar-refractivity contribution < 1.29 is 19.4 Å². The number of amides is 1. The minimum atomic E-state index is -1.07. The molecule has 5 nitrogen and oxygen atoms in total. The van der Waals surface area contributed by atoms with Gasteiger partial charge in [0.1, 0.15) is 12.6 Å². The van der Waals surface area contributed by atoms with E-state index in [0.29, 0.717) is 0 Å². The van der Waals surface area contributed by atoms with Crippen LogP contribution in [0.5, 0.6) is 0 Å². The number of carbonyl (C=O) groups excluding carboxylic acids is 1. The molecule has 0 heterocycles. The van der Waals surface area contributed by atoms with E-state index in [1.165, 1.54) is 5.56 Å². The molecule has 0 radical (unpaired) electrons. The van der Waals surface area contributed by atoms with Crippen molar-refractivity contribution in [3.63, 3.8) is 0 Å². The van der Waals surface area contributed by atoms with Crippen LogP contribution in [0.4, 0.5) is 4.79 Å². The largest absolute Gasteiger partial charge is 0.480 e. The number of carboxylic acids is 1. The quantitative estimate of drug-likeness (QED) is 0.839. The Kier molecular flexibility index (Phi) is 6.03. The highest BCUT2D eigenvalue weighted by molar-refractivity contribution is 5.80. The second-order valence-corrected chi connectivity index (χ2v) is 4.95. The summed E-state index contributed by atoms with van der Waals surface area (Å²) < 4.78 is 5.02. The maximum Gasteiger partial charge on any atom is 0.408 e. The summed E-state index contributed by atoms with van der Waals surface area (Å²) in [5, 5.41) is 11.3. The minimum Gasteiger partial charge on any atom is -0.480 e. The summed E-state index contributed by atoms with van der Waals surface area (Å²) in [4.78, 5) is 22.5. The molecule has 0 saturated carbocycles. The SMILES string of the molecule is CCc1ccc(COC(=O)N[C@H](C(=O)O)C(C)C)cc1. The van der Waals surface area contributed by atoms with Crippen LogP contribution in [0.15, 0.2) is 24.3 Å². The van der Waals surface area contributed by atoms with E-state index >= 15 is 0 Å². The van der Waals surface area contributed by atoms with Crippen molar-refractivity contribution in [3.8, 4) is 0 Å². The first-order valence-corrected chi connectivity index (χ1v) is 6.68. The van der Waals surface area contributed by atoms with E-state index in [0.717, 1.165) is 12.0 Å². The Bertz CT molecular complexity index is 453. The van der Waals surface area contributed by atoms with Crippen LogP contribution in [-0.4, -0.2) is 23.2 Å². The second kappa shape index (κ2) is 7.53. The van der Waals surface area contributed by atoms with E-state index < -0.39 is 18.1 Å². The molecule has 110 valence electrons. The average Bonchev–Trinajstić information content (AvgIpc) is 2.42. The van der Waals surface area contributed by atoms with Gasteiger partial charge >= 0.3 is 12.1 Å². The highest BCUT2D eigenvalue weighted by Gasteiger charge is 2.23. The Morgan fingerprint density at radius 3 is 2.20 bits per heavy atom. The van der Waals surface area contributed by atoms with Gasteiger partial charge in [0.15, 0.2) is 0 Å². The summed E-state index contributed by atoms with van der Waals surface area (Å²) >= 11 is 0. The third-order valence-electron chi connectivity index (χ3n) is 3.01. The molecular formula is C15H21NO4. The molecular weight excluding hydrogens is 258 g/mol. The van der Waals surface area contributed by atoms with Crippen molar-refractivity contribution in [2.45, 2.75) is 39.8 Å². The summed E-state index contributed by atoms with van der Waals surface area (Å²) in [6, 6.07) is 6.80. The van der Waals surface area contributed by atoms with Gasteiger partial charge in [-0.2, -0.15) is 0 Å². The number of aliphatic carboxylic acids is 1. The first kappa shape index (κ1) is 16.0.